The molecule has 0 radical (unpaired) electrons. The van der Waals surface area contributed by atoms with Crippen LogP contribution in [0.1, 0.15) is 24.9 Å². The third kappa shape index (κ3) is 4.60. The molecule has 0 bridgehead atoms. The largest absolute Gasteiger partial charge is 0.390 e. The number of hydrogen-bond donors (Lipinski definition) is 1. The maximum Gasteiger partial charge on any atom is 0.390 e. The van der Waals surface area contributed by atoms with Gasteiger partial charge in [0, 0.05) is 25.8 Å². The van der Waals surface area contributed by atoms with Gasteiger partial charge in [0.05, 0.1) is 6.42 Å². The van der Waals surface area contributed by atoms with Crippen LogP contribution < -0.4 is 10.6 Å². The Hall–Kier alpha value is -1.30. The van der Waals surface area contributed by atoms with Crippen molar-refractivity contribution >= 4 is 5.82 Å². The molecule has 3 nitrogen and oxygen atoms in total. The number of anilines is 1. The van der Waals surface area contributed by atoms with Gasteiger partial charge < -0.3 is 10.6 Å². The molecule has 96 valence electrons. The topological polar surface area (TPSA) is 42.1 Å². The van der Waals surface area contributed by atoms with Crippen LogP contribution in [-0.2, 0) is 0 Å². The van der Waals surface area contributed by atoms with Crippen LogP contribution in [0.4, 0.5) is 19.0 Å². The summed E-state index contributed by atoms with van der Waals surface area (Å²) in [5, 5.41) is 0. The quantitative estimate of drug-likeness (QED) is 0.888. The molecule has 6 heteroatoms. The van der Waals surface area contributed by atoms with Crippen LogP contribution in [0.5, 0.6) is 0 Å². The van der Waals surface area contributed by atoms with Gasteiger partial charge in [0.15, 0.2) is 0 Å². The monoisotopic (exact) mass is 247 g/mol. The molecule has 2 N–H and O–H groups in total. The summed E-state index contributed by atoms with van der Waals surface area (Å²) in [4.78, 5) is 5.50. The normalized spacial score (nSPS) is 13.5. The summed E-state index contributed by atoms with van der Waals surface area (Å²) in [6.07, 6.45) is -3.45. The van der Waals surface area contributed by atoms with Crippen molar-refractivity contribution < 1.29 is 13.2 Å². The fourth-order valence-electron chi connectivity index (χ4n) is 1.34. The average Bonchev–Trinajstić information content (AvgIpc) is 2.25. The lowest BCUT2D eigenvalue weighted by atomic mass is 10.1. The van der Waals surface area contributed by atoms with Gasteiger partial charge in [-0.15, -0.1) is 0 Å². The standard InChI is InChI=1S/C11H16F3N3/c1-8(15)9-3-5-16-10(7-9)17(2)6-4-11(12,13)14/h3,5,7-8H,4,6,15H2,1-2H3. The molecule has 0 saturated heterocycles. The molecule has 1 aromatic heterocycles. The summed E-state index contributed by atoms with van der Waals surface area (Å²) < 4.78 is 36.2. The van der Waals surface area contributed by atoms with Crippen LogP contribution in [-0.4, -0.2) is 24.8 Å². The first kappa shape index (κ1) is 13.8. The van der Waals surface area contributed by atoms with Crippen LogP contribution in [0.2, 0.25) is 0 Å². The summed E-state index contributed by atoms with van der Waals surface area (Å²) in [6, 6.07) is 3.31. The number of hydrogen-bond acceptors (Lipinski definition) is 3. The Bertz CT molecular complexity index is 363. The maximum absolute atomic E-state index is 12.1. The molecule has 1 atom stereocenters. The fourth-order valence-corrected chi connectivity index (χ4v) is 1.34. The molecule has 1 aromatic rings. The molecule has 0 amide bonds. The van der Waals surface area contributed by atoms with E-state index in [2.05, 4.69) is 4.98 Å². The minimum Gasteiger partial charge on any atom is -0.359 e. The van der Waals surface area contributed by atoms with Crippen molar-refractivity contribution in [3.63, 3.8) is 0 Å². The summed E-state index contributed by atoms with van der Waals surface area (Å²) >= 11 is 0. The van der Waals surface area contributed by atoms with Gasteiger partial charge in [-0.05, 0) is 24.6 Å². The molecular weight excluding hydrogens is 231 g/mol. The van der Waals surface area contributed by atoms with Gasteiger partial charge in [-0.25, -0.2) is 4.98 Å². The van der Waals surface area contributed by atoms with E-state index in [4.69, 9.17) is 5.73 Å². The Balaban J connectivity index is 2.69. The first-order chi connectivity index (χ1) is 7.79. The van der Waals surface area contributed by atoms with Gasteiger partial charge in [0.1, 0.15) is 5.82 Å². The van der Waals surface area contributed by atoms with E-state index in [9.17, 15) is 13.2 Å². The first-order valence-corrected chi connectivity index (χ1v) is 5.29. The average molecular weight is 247 g/mol. The summed E-state index contributed by atoms with van der Waals surface area (Å²) in [7, 11) is 1.58. The van der Waals surface area contributed by atoms with Gasteiger partial charge in [0.2, 0.25) is 0 Å². The second kappa shape index (κ2) is 5.35. The van der Waals surface area contributed by atoms with Crippen molar-refractivity contribution in [3.05, 3.63) is 23.9 Å². The van der Waals surface area contributed by atoms with E-state index >= 15 is 0 Å². The van der Waals surface area contributed by atoms with Gasteiger partial charge in [-0.2, -0.15) is 13.2 Å². The van der Waals surface area contributed by atoms with E-state index in [0.29, 0.717) is 5.82 Å². The summed E-state index contributed by atoms with van der Waals surface area (Å²) in [6.45, 7) is 1.70. The molecule has 0 fully saturated rings. The van der Waals surface area contributed by atoms with Crippen molar-refractivity contribution in [2.24, 2.45) is 5.73 Å². The number of aromatic nitrogens is 1. The van der Waals surface area contributed by atoms with Gasteiger partial charge in [-0.3, -0.25) is 0 Å². The lowest BCUT2D eigenvalue weighted by Gasteiger charge is -2.20. The number of pyridine rings is 1. The molecular formula is C11H16F3N3. The lowest BCUT2D eigenvalue weighted by molar-refractivity contribution is -0.132. The van der Waals surface area contributed by atoms with E-state index < -0.39 is 12.6 Å². The molecule has 0 spiro atoms. The van der Waals surface area contributed by atoms with E-state index in [-0.39, 0.29) is 12.6 Å². The second-order valence-corrected chi connectivity index (χ2v) is 4.02. The minimum atomic E-state index is -4.15. The maximum atomic E-state index is 12.1. The first-order valence-electron chi connectivity index (χ1n) is 5.29. The highest BCUT2D eigenvalue weighted by Crippen LogP contribution is 2.21. The third-order valence-electron chi connectivity index (χ3n) is 2.42. The van der Waals surface area contributed by atoms with Gasteiger partial charge >= 0.3 is 6.18 Å². The van der Waals surface area contributed by atoms with E-state index in [1.807, 2.05) is 6.92 Å². The van der Waals surface area contributed by atoms with Crippen LogP contribution in [0.3, 0.4) is 0 Å². The van der Waals surface area contributed by atoms with E-state index in [1.54, 1.807) is 25.4 Å². The molecule has 1 unspecified atom stereocenters. The molecule has 0 aliphatic heterocycles. The third-order valence-corrected chi connectivity index (χ3v) is 2.42. The van der Waals surface area contributed by atoms with Gasteiger partial charge in [0.25, 0.3) is 0 Å². The van der Waals surface area contributed by atoms with Crippen molar-refractivity contribution in [1.82, 2.24) is 4.98 Å². The van der Waals surface area contributed by atoms with Crippen molar-refractivity contribution in [2.45, 2.75) is 25.6 Å². The number of nitrogens with two attached hydrogens (primary N) is 1. The number of rotatable bonds is 4. The lowest BCUT2D eigenvalue weighted by Crippen LogP contribution is -2.25. The predicted molar refractivity (Wildman–Crippen MR) is 60.8 cm³/mol. The highest BCUT2D eigenvalue weighted by Gasteiger charge is 2.27. The van der Waals surface area contributed by atoms with Gasteiger partial charge in [-0.1, -0.05) is 0 Å². The van der Waals surface area contributed by atoms with Crippen molar-refractivity contribution in [3.8, 4) is 0 Å². The fraction of sp³-hybridized carbons (Fsp3) is 0.545. The Morgan fingerprint density at radius 2 is 2.12 bits per heavy atom. The number of nitrogens with zero attached hydrogens (tertiary/aromatic N) is 2. The summed E-state index contributed by atoms with van der Waals surface area (Å²) in [5.74, 6) is 0.504. The predicted octanol–water partition coefficient (Wildman–Crippen LogP) is 2.49. The highest BCUT2D eigenvalue weighted by molar-refractivity contribution is 5.40. The van der Waals surface area contributed by atoms with Crippen molar-refractivity contribution in [2.75, 3.05) is 18.5 Å². The minimum absolute atomic E-state index is 0.112. The van der Waals surface area contributed by atoms with Crippen LogP contribution in [0, 0.1) is 0 Å². The van der Waals surface area contributed by atoms with Crippen molar-refractivity contribution in [1.29, 1.82) is 0 Å². The second-order valence-electron chi connectivity index (χ2n) is 4.02. The molecule has 0 aromatic carbocycles. The molecule has 0 aliphatic rings. The molecule has 0 aliphatic carbocycles. The zero-order valence-corrected chi connectivity index (χ0v) is 9.83. The van der Waals surface area contributed by atoms with Crippen LogP contribution in [0.25, 0.3) is 0 Å². The Kier molecular flexibility index (Phi) is 4.34. The number of alkyl halides is 3. The highest BCUT2D eigenvalue weighted by atomic mass is 19.4. The van der Waals surface area contributed by atoms with E-state index in [0.717, 1.165) is 5.56 Å². The van der Waals surface area contributed by atoms with E-state index in [1.165, 1.54) is 4.90 Å². The Morgan fingerprint density at radius 1 is 1.47 bits per heavy atom. The van der Waals surface area contributed by atoms with Crippen LogP contribution in [0.15, 0.2) is 18.3 Å². The molecule has 17 heavy (non-hydrogen) atoms. The molecule has 1 heterocycles. The van der Waals surface area contributed by atoms with Crippen LogP contribution >= 0.6 is 0 Å². The Morgan fingerprint density at radius 3 is 2.65 bits per heavy atom. The summed E-state index contributed by atoms with van der Waals surface area (Å²) in [5.41, 5.74) is 6.56. The zero-order valence-electron chi connectivity index (χ0n) is 9.83. The SMILES string of the molecule is CC(N)c1ccnc(N(C)CCC(F)(F)F)c1. The zero-order chi connectivity index (χ0) is 13.1. The number of halogens is 3. The smallest absolute Gasteiger partial charge is 0.359 e. The molecule has 0 saturated carbocycles. The molecule has 1 rings (SSSR count). The Labute approximate surface area is 98.4 Å².